The molecule has 6 nitrogen and oxygen atoms in total. The summed E-state index contributed by atoms with van der Waals surface area (Å²) in [6.45, 7) is 2.01. The third-order valence-corrected chi connectivity index (χ3v) is 2.72. The summed E-state index contributed by atoms with van der Waals surface area (Å²) in [7, 11) is 1.12. The fourth-order valence-corrected chi connectivity index (χ4v) is 1.63. The second-order valence-corrected chi connectivity index (χ2v) is 4.31. The Morgan fingerprint density at radius 3 is 2.45 bits per heavy atom. The largest absolute Gasteiger partial charge is 0.493 e. The molecule has 22 heavy (non-hydrogen) atoms. The highest BCUT2D eigenvalue weighted by Gasteiger charge is 2.41. The van der Waals surface area contributed by atoms with Gasteiger partial charge in [-0.1, -0.05) is 13.3 Å². The predicted molar refractivity (Wildman–Crippen MR) is 70.4 cm³/mol. The number of carbonyl (C=O) groups excluding carboxylic acids is 1. The van der Waals surface area contributed by atoms with Crippen LogP contribution in [0.15, 0.2) is 12.1 Å². The normalized spacial score (nSPS) is 11.1. The van der Waals surface area contributed by atoms with Crippen molar-refractivity contribution in [2.75, 3.05) is 13.7 Å². The van der Waals surface area contributed by atoms with Gasteiger partial charge in [0.05, 0.1) is 18.6 Å². The number of ketones is 1. The number of hydrogen-bond donors (Lipinski definition) is 0. The number of benzene rings is 1. The van der Waals surface area contributed by atoms with E-state index in [2.05, 4.69) is 0 Å². The van der Waals surface area contributed by atoms with Crippen LogP contribution in [0.5, 0.6) is 11.5 Å². The van der Waals surface area contributed by atoms with Crippen molar-refractivity contribution in [2.24, 2.45) is 0 Å². The number of carbonyl (C=O) groups is 1. The highest BCUT2D eigenvalue weighted by atomic mass is 19.4. The van der Waals surface area contributed by atoms with Gasteiger partial charge in [-0.2, -0.15) is 13.2 Å². The van der Waals surface area contributed by atoms with Gasteiger partial charge in [0, 0.05) is 11.6 Å². The molecule has 0 heterocycles. The van der Waals surface area contributed by atoms with Crippen LogP contribution >= 0.6 is 0 Å². The van der Waals surface area contributed by atoms with E-state index in [1.165, 1.54) is 0 Å². The minimum Gasteiger partial charge on any atom is -0.493 e. The Labute approximate surface area is 124 Å². The molecule has 122 valence electrons. The van der Waals surface area contributed by atoms with Crippen LogP contribution in [0.4, 0.5) is 18.9 Å². The van der Waals surface area contributed by atoms with Crippen LogP contribution in [0.3, 0.4) is 0 Å². The molecule has 0 unspecified atom stereocenters. The quantitative estimate of drug-likeness (QED) is 0.332. The molecule has 0 aliphatic heterocycles. The minimum absolute atomic E-state index is 0.139. The Morgan fingerprint density at radius 1 is 1.36 bits per heavy atom. The Morgan fingerprint density at radius 2 is 2.00 bits per heavy atom. The molecule has 0 saturated carbocycles. The van der Waals surface area contributed by atoms with Gasteiger partial charge in [0.15, 0.2) is 5.75 Å². The van der Waals surface area contributed by atoms with Crippen molar-refractivity contribution in [3.05, 3.63) is 27.8 Å². The van der Waals surface area contributed by atoms with Gasteiger partial charge < -0.3 is 9.47 Å². The van der Waals surface area contributed by atoms with Gasteiger partial charge in [-0.15, -0.1) is 0 Å². The Balaban J connectivity index is 3.34. The highest BCUT2D eigenvalue weighted by Crippen LogP contribution is 2.39. The van der Waals surface area contributed by atoms with E-state index in [9.17, 15) is 28.1 Å². The molecule has 0 radical (unpaired) electrons. The molecule has 0 fully saturated rings. The molecule has 0 spiro atoms. The predicted octanol–water partition coefficient (Wildman–Crippen LogP) is 3.53. The summed E-state index contributed by atoms with van der Waals surface area (Å²) in [5, 5.41) is 11.0. The van der Waals surface area contributed by atoms with Crippen molar-refractivity contribution in [3.8, 4) is 11.5 Å². The molecule has 0 bridgehead atoms. The fourth-order valence-electron chi connectivity index (χ4n) is 1.63. The molecule has 9 heteroatoms. The Hall–Kier alpha value is -2.32. The summed E-state index contributed by atoms with van der Waals surface area (Å²) in [5.41, 5.74) is -1.62. The second kappa shape index (κ2) is 7.10. The van der Waals surface area contributed by atoms with Gasteiger partial charge >= 0.3 is 11.9 Å². The summed E-state index contributed by atoms with van der Waals surface area (Å²) in [4.78, 5) is 21.3. The van der Waals surface area contributed by atoms with Crippen LogP contribution in [0.2, 0.25) is 0 Å². The molecule has 0 aliphatic carbocycles. The number of nitro groups is 1. The molecule has 0 aromatic heterocycles. The third kappa shape index (κ3) is 4.09. The lowest BCUT2D eigenvalue weighted by Crippen LogP contribution is -2.23. The number of Topliss-reactive ketones (excluding diaryl/α,β-unsaturated/α-hetero) is 1. The zero-order valence-electron chi connectivity index (χ0n) is 11.9. The zero-order valence-corrected chi connectivity index (χ0v) is 11.9. The number of methoxy groups -OCH3 is 1. The molecular formula is C13H14F3NO5. The lowest BCUT2D eigenvalue weighted by molar-refractivity contribution is -0.386. The van der Waals surface area contributed by atoms with E-state index in [1.54, 1.807) is 0 Å². The van der Waals surface area contributed by atoms with Crippen LogP contribution in [-0.4, -0.2) is 30.6 Å². The second-order valence-electron chi connectivity index (χ2n) is 4.31. The zero-order chi connectivity index (χ0) is 16.9. The van der Waals surface area contributed by atoms with Gasteiger partial charge in [0.2, 0.25) is 5.75 Å². The third-order valence-electron chi connectivity index (χ3n) is 2.72. The van der Waals surface area contributed by atoms with Crippen LogP contribution in [0.1, 0.15) is 30.1 Å². The van der Waals surface area contributed by atoms with E-state index in [0.717, 1.165) is 19.6 Å². The van der Waals surface area contributed by atoms with Gasteiger partial charge in [-0.05, 0) is 12.5 Å². The molecular weight excluding hydrogens is 307 g/mol. The molecule has 1 rings (SSSR count). The molecule has 0 saturated heterocycles. The SMILES string of the molecule is CCCCOc1c(OC)cc(C(=O)C(F)(F)F)cc1[N+](=O)[O-]. The van der Waals surface area contributed by atoms with E-state index in [4.69, 9.17) is 9.47 Å². The monoisotopic (exact) mass is 321 g/mol. The van der Waals surface area contributed by atoms with Crippen LogP contribution in [0, 0.1) is 10.1 Å². The number of alkyl halides is 3. The Bertz CT molecular complexity index is 572. The lowest BCUT2D eigenvalue weighted by atomic mass is 10.1. The number of unbranched alkanes of at least 4 members (excludes halogenated alkanes) is 1. The standard InChI is InChI=1S/C13H14F3NO5/c1-3-4-5-22-11-9(17(19)20)6-8(7-10(11)21-2)12(18)13(14,15)16/h6-7H,3-5H2,1-2H3. The maximum atomic E-state index is 12.5. The summed E-state index contributed by atoms with van der Waals surface area (Å²) >= 11 is 0. The summed E-state index contributed by atoms with van der Waals surface area (Å²) in [6.07, 6.45) is -3.77. The number of halogens is 3. The Kier molecular flexibility index (Phi) is 5.72. The minimum atomic E-state index is -5.14. The topological polar surface area (TPSA) is 78.7 Å². The van der Waals surface area contributed by atoms with Gasteiger partial charge in [-0.25, -0.2) is 0 Å². The number of rotatable bonds is 7. The van der Waals surface area contributed by atoms with E-state index in [-0.39, 0.29) is 18.1 Å². The molecule has 1 aromatic carbocycles. The van der Waals surface area contributed by atoms with Crippen LogP contribution < -0.4 is 9.47 Å². The number of nitrogens with zero attached hydrogens (tertiary/aromatic N) is 1. The summed E-state index contributed by atoms with van der Waals surface area (Å²) < 4.78 is 47.4. The fraction of sp³-hybridized carbons (Fsp3) is 0.462. The number of ether oxygens (including phenoxy) is 2. The average Bonchev–Trinajstić information content (AvgIpc) is 2.45. The van der Waals surface area contributed by atoms with Crippen molar-refractivity contribution >= 4 is 11.5 Å². The van der Waals surface area contributed by atoms with Crippen LogP contribution in [-0.2, 0) is 0 Å². The number of hydrogen-bond acceptors (Lipinski definition) is 5. The van der Waals surface area contributed by atoms with Crippen LogP contribution in [0.25, 0.3) is 0 Å². The molecule has 0 atom stereocenters. The average molecular weight is 321 g/mol. The summed E-state index contributed by atoms with van der Waals surface area (Å²) in [6, 6.07) is 1.32. The highest BCUT2D eigenvalue weighted by molar-refractivity contribution is 6.01. The van der Waals surface area contributed by atoms with Crippen molar-refractivity contribution in [2.45, 2.75) is 25.9 Å². The maximum absolute atomic E-state index is 12.5. The van der Waals surface area contributed by atoms with Gasteiger partial charge in [-0.3, -0.25) is 14.9 Å². The molecule has 0 N–H and O–H groups in total. The molecule has 1 aromatic rings. The lowest BCUT2D eigenvalue weighted by Gasteiger charge is -2.13. The van der Waals surface area contributed by atoms with Crippen molar-refractivity contribution in [1.82, 2.24) is 0 Å². The first-order valence-corrected chi connectivity index (χ1v) is 6.33. The van der Waals surface area contributed by atoms with Gasteiger partial charge in [0.25, 0.3) is 5.78 Å². The van der Waals surface area contributed by atoms with Gasteiger partial charge in [0.1, 0.15) is 0 Å². The molecule has 0 amide bonds. The van der Waals surface area contributed by atoms with E-state index in [0.29, 0.717) is 12.5 Å². The van der Waals surface area contributed by atoms with E-state index >= 15 is 0 Å². The van der Waals surface area contributed by atoms with E-state index < -0.39 is 28.1 Å². The molecule has 0 aliphatic rings. The maximum Gasteiger partial charge on any atom is 0.454 e. The first-order valence-electron chi connectivity index (χ1n) is 6.33. The summed E-state index contributed by atoms with van der Waals surface area (Å²) in [5.74, 6) is -2.77. The number of nitro benzene ring substituents is 1. The first-order chi connectivity index (χ1) is 10.2. The smallest absolute Gasteiger partial charge is 0.454 e. The van der Waals surface area contributed by atoms with E-state index in [1.807, 2.05) is 6.92 Å². The van der Waals surface area contributed by atoms with Crippen molar-refractivity contribution < 1.29 is 32.4 Å². The van der Waals surface area contributed by atoms with Crippen molar-refractivity contribution in [1.29, 1.82) is 0 Å². The first kappa shape index (κ1) is 17.7. The van der Waals surface area contributed by atoms with Crippen molar-refractivity contribution in [3.63, 3.8) is 0 Å².